The standard InChI is InChI=1S/C37H69N/c1-3-5-7-9-11-13-15-17-19-21-23-25-27-29-31-36-33-37(35-38-34-36)32-30-28-26-24-22-20-18-16-14-12-10-8-6-4-2/h33-35H,3-32H2,1-2H3. The second-order valence-electron chi connectivity index (χ2n) is 12.4. The summed E-state index contributed by atoms with van der Waals surface area (Å²) in [6, 6.07) is 2.44. The highest BCUT2D eigenvalue weighted by Gasteiger charge is 2.00. The Morgan fingerprint density at radius 1 is 0.342 bits per heavy atom. The van der Waals surface area contributed by atoms with E-state index in [4.69, 9.17) is 0 Å². The van der Waals surface area contributed by atoms with E-state index in [0.29, 0.717) is 0 Å². The van der Waals surface area contributed by atoms with Gasteiger partial charge >= 0.3 is 0 Å². The molecule has 222 valence electrons. The first-order chi connectivity index (χ1) is 18.9. The van der Waals surface area contributed by atoms with Crippen molar-refractivity contribution in [3.8, 4) is 0 Å². The van der Waals surface area contributed by atoms with Gasteiger partial charge in [-0.1, -0.05) is 187 Å². The Balaban J connectivity index is 1.88. The van der Waals surface area contributed by atoms with Gasteiger partial charge in [-0.05, 0) is 36.8 Å². The zero-order valence-electron chi connectivity index (χ0n) is 26.4. The van der Waals surface area contributed by atoms with Crippen LogP contribution in [0.15, 0.2) is 18.5 Å². The van der Waals surface area contributed by atoms with Gasteiger partial charge in [0.1, 0.15) is 0 Å². The molecule has 1 nitrogen and oxygen atoms in total. The molecule has 0 amide bonds. The number of hydrogen-bond acceptors (Lipinski definition) is 1. The average molecular weight is 528 g/mol. The van der Waals surface area contributed by atoms with Gasteiger partial charge in [0, 0.05) is 12.4 Å². The van der Waals surface area contributed by atoms with Gasteiger partial charge in [0.15, 0.2) is 0 Å². The van der Waals surface area contributed by atoms with Crippen molar-refractivity contribution in [1.29, 1.82) is 0 Å². The third-order valence-electron chi connectivity index (χ3n) is 8.49. The molecule has 0 saturated heterocycles. The summed E-state index contributed by atoms with van der Waals surface area (Å²) in [5.74, 6) is 0. The first-order valence-corrected chi connectivity index (χ1v) is 17.8. The molecular formula is C37H69N. The van der Waals surface area contributed by atoms with Gasteiger partial charge in [0.25, 0.3) is 0 Å². The molecule has 0 aromatic carbocycles. The first kappa shape index (κ1) is 35.2. The van der Waals surface area contributed by atoms with Crippen LogP contribution in [0.2, 0.25) is 0 Å². The van der Waals surface area contributed by atoms with Crippen LogP contribution in [-0.4, -0.2) is 4.98 Å². The van der Waals surface area contributed by atoms with Gasteiger partial charge in [-0.2, -0.15) is 0 Å². The monoisotopic (exact) mass is 528 g/mol. The zero-order chi connectivity index (χ0) is 27.2. The molecule has 1 rings (SSSR count). The molecule has 38 heavy (non-hydrogen) atoms. The zero-order valence-corrected chi connectivity index (χ0v) is 26.4. The fourth-order valence-electron chi connectivity index (χ4n) is 5.86. The second-order valence-corrected chi connectivity index (χ2v) is 12.4. The van der Waals surface area contributed by atoms with Crippen molar-refractivity contribution in [3.05, 3.63) is 29.6 Å². The highest BCUT2D eigenvalue weighted by Crippen LogP contribution is 2.16. The fraction of sp³-hybridized carbons (Fsp3) is 0.865. The van der Waals surface area contributed by atoms with E-state index in [-0.39, 0.29) is 0 Å². The molecule has 0 aliphatic rings. The Labute approximate surface area is 240 Å². The van der Waals surface area contributed by atoms with Crippen molar-refractivity contribution in [2.45, 2.75) is 206 Å². The minimum Gasteiger partial charge on any atom is -0.264 e. The van der Waals surface area contributed by atoms with E-state index in [9.17, 15) is 0 Å². The SMILES string of the molecule is CCCCCCCCCCCCCCCCc1cncc(CCCCCCCCCCCCCCCC)c1. The molecule has 0 spiro atoms. The summed E-state index contributed by atoms with van der Waals surface area (Å²) in [6.07, 6.45) is 46.8. The molecular weight excluding hydrogens is 458 g/mol. The third-order valence-corrected chi connectivity index (χ3v) is 8.49. The third kappa shape index (κ3) is 24.2. The van der Waals surface area contributed by atoms with Gasteiger partial charge in [-0.3, -0.25) is 4.98 Å². The summed E-state index contributed by atoms with van der Waals surface area (Å²) in [7, 11) is 0. The van der Waals surface area contributed by atoms with Gasteiger partial charge in [0.2, 0.25) is 0 Å². The minimum absolute atomic E-state index is 1.22. The summed E-state index contributed by atoms with van der Waals surface area (Å²) in [5, 5.41) is 0. The van der Waals surface area contributed by atoms with Crippen molar-refractivity contribution >= 4 is 0 Å². The summed E-state index contributed by atoms with van der Waals surface area (Å²) in [5.41, 5.74) is 2.93. The van der Waals surface area contributed by atoms with Gasteiger partial charge in [-0.25, -0.2) is 0 Å². The maximum absolute atomic E-state index is 4.55. The summed E-state index contributed by atoms with van der Waals surface area (Å²) in [4.78, 5) is 4.55. The predicted octanol–water partition coefficient (Wildman–Crippen LogP) is 13.1. The number of unbranched alkanes of at least 4 members (excludes halogenated alkanes) is 26. The molecule has 0 bridgehead atoms. The maximum Gasteiger partial charge on any atom is 0.0300 e. The summed E-state index contributed by atoms with van der Waals surface area (Å²) < 4.78 is 0. The van der Waals surface area contributed by atoms with E-state index in [1.54, 1.807) is 0 Å². The van der Waals surface area contributed by atoms with Crippen LogP contribution < -0.4 is 0 Å². The Bertz CT molecular complexity index is 533. The van der Waals surface area contributed by atoms with Crippen molar-refractivity contribution in [2.24, 2.45) is 0 Å². The summed E-state index contributed by atoms with van der Waals surface area (Å²) in [6.45, 7) is 4.61. The van der Waals surface area contributed by atoms with Crippen LogP contribution in [0.1, 0.15) is 205 Å². The van der Waals surface area contributed by atoms with E-state index in [2.05, 4.69) is 37.3 Å². The number of pyridine rings is 1. The van der Waals surface area contributed by atoms with Crippen molar-refractivity contribution in [3.63, 3.8) is 0 Å². The van der Waals surface area contributed by atoms with Crippen molar-refractivity contribution < 1.29 is 0 Å². The van der Waals surface area contributed by atoms with Crippen molar-refractivity contribution in [1.82, 2.24) is 4.98 Å². The minimum atomic E-state index is 1.22. The number of rotatable bonds is 30. The lowest BCUT2D eigenvalue weighted by molar-refractivity contribution is 0.535. The molecule has 1 heteroatoms. The van der Waals surface area contributed by atoms with Gasteiger partial charge < -0.3 is 0 Å². The normalized spacial score (nSPS) is 11.4. The molecule has 0 N–H and O–H groups in total. The van der Waals surface area contributed by atoms with Crippen LogP contribution in [0.4, 0.5) is 0 Å². The maximum atomic E-state index is 4.55. The second kappa shape index (κ2) is 29.1. The smallest absolute Gasteiger partial charge is 0.0300 e. The largest absolute Gasteiger partial charge is 0.264 e. The van der Waals surface area contributed by atoms with Crippen LogP contribution in [0.3, 0.4) is 0 Å². The quantitative estimate of drug-likeness (QED) is 0.0906. The number of nitrogens with zero attached hydrogens (tertiary/aromatic N) is 1. The lowest BCUT2D eigenvalue weighted by atomic mass is 10.0. The van der Waals surface area contributed by atoms with E-state index >= 15 is 0 Å². The Morgan fingerprint density at radius 3 is 0.842 bits per heavy atom. The van der Waals surface area contributed by atoms with Crippen LogP contribution in [0.5, 0.6) is 0 Å². The van der Waals surface area contributed by atoms with Crippen LogP contribution in [0.25, 0.3) is 0 Å². The van der Waals surface area contributed by atoms with Crippen LogP contribution in [0, 0.1) is 0 Å². The highest BCUT2D eigenvalue weighted by atomic mass is 14.6. The van der Waals surface area contributed by atoms with E-state index in [0.717, 1.165) is 0 Å². The number of hydrogen-bond donors (Lipinski definition) is 0. The van der Waals surface area contributed by atoms with E-state index in [1.165, 1.54) is 204 Å². The molecule has 1 heterocycles. The van der Waals surface area contributed by atoms with E-state index in [1.807, 2.05) is 0 Å². The molecule has 1 aromatic heterocycles. The van der Waals surface area contributed by atoms with Gasteiger partial charge in [0.05, 0.1) is 0 Å². The van der Waals surface area contributed by atoms with Crippen LogP contribution >= 0.6 is 0 Å². The summed E-state index contributed by atoms with van der Waals surface area (Å²) >= 11 is 0. The molecule has 0 aliphatic carbocycles. The molecule has 0 radical (unpaired) electrons. The van der Waals surface area contributed by atoms with Crippen molar-refractivity contribution in [2.75, 3.05) is 0 Å². The fourth-order valence-corrected chi connectivity index (χ4v) is 5.86. The lowest BCUT2D eigenvalue weighted by Crippen LogP contribution is -1.93. The predicted molar refractivity (Wildman–Crippen MR) is 172 cm³/mol. The molecule has 1 aromatic rings. The molecule has 0 atom stereocenters. The average Bonchev–Trinajstić information content (AvgIpc) is 2.93. The topological polar surface area (TPSA) is 12.9 Å². The molecule has 0 fully saturated rings. The van der Waals surface area contributed by atoms with E-state index < -0.39 is 0 Å². The number of aromatic nitrogens is 1. The number of aryl methyl sites for hydroxylation is 2. The molecule has 0 aliphatic heterocycles. The van der Waals surface area contributed by atoms with Crippen LogP contribution in [-0.2, 0) is 12.8 Å². The Morgan fingerprint density at radius 2 is 0.579 bits per heavy atom. The first-order valence-electron chi connectivity index (χ1n) is 17.8. The molecule has 0 unspecified atom stereocenters. The lowest BCUT2D eigenvalue weighted by Gasteiger charge is -2.06. The molecule has 0 saturated carbocycles. The highest BCUT2D eigenvalue weighted by molar-refractivity contribution is 5.18. The Hall–Kier alpha value is -0.850. The van der Waals surface area contributed by atoms with Gasteiger partial charge in [-0.15, -0.1) is 0 Å². The Kier molecular flexibility index (Phi) is 27.0.